The van der Waals surface area contributed by atoms with Gasteiger partial charge in [-0.3, -0.25) is 0 Å². The van der Waals surface area contributed by atoms with Crippen molar-refractivity contribution in [3.05, 3.63) is 0 Å². The Labute approximate surface area is 76.6 Å². The van der Waals surface area contributed by atoms with Crippen molar-refractivity contribution in [3.63, 3.8) is 0 Å². The van der Waals surface area contributed by atoms with E-state index in [-0.39, 0.29) is 0 Å². The molecule has 0 aliphatic carbocycles. The number of aliphatic hydroxyl groups is 1. The maximum Gasteiger partial charge on any atom is 0.0319 e. The summed E-state index contributed by atoms with van der Waals surface area (Å²) in [5.41, 5.74) is 0. The SMILES string of the molecule is CC(C)CCN1CCCC1.CO. The highest BCUT2D eigenvalue weighted by Crippen LogP contribution is 2.09. The summed E-state index contributed by atoms with van der Waals surface area (Å²) < 4.78 is 0. The molecular weight excluding hydrogens is 150 g/mol. The van der Waals surface area contributed by atoms with Crippen LogP contribution >= 0.6 is 0 Å². The van der Waals surface area contributed by atoms with E-state index < -0.39 is 0 Å². The maximum atomic E-state index is 7.00. The molecule has 1 rings (SSSR count). The third kappa shape index (κ3) is 5.56. The van der Waals surface area contributed by atoms with Gasteiger partial charge in [0.15, 0.2) is 0 Å². The molecule has 0 aromatic carbocycles. The highest BCUT2D eigenvalue weighted by molar-refractivity contribution is 4.66. The smallest absolute Gasteiger partial charge is 0.0319 e. The van der Waals surface area contributed by atoms with Gasteiger partial charge in [-0.2, -0.15) is 0 Å². The monoisotopic (exact) mass is 173 g/mol. The Morgan fingerprint density at radius 3 is 2.08 bits per heavy atom. The van der Waals surface area contributed by atoms with Gasteiger partial charge in [0.05, 0.1) is 0 Å². The van der Waals surface area contributed by atoms with E-state index in [4.69, 9.17) is 5.11 Å². The van der Waals surface area contributed by atoms with E-state index in [0.29, 0.717) is 0 Å². The molecule has 0 saturated carbocycles. The Morgan fingerprint density at radius 1 is 1.17 bits per heavy atom. The quantitative estimate of drug-likeness (QED) is 0.702. The lowest BCUT2D eigenvalue weighted by molar-refractivity contribution is 0.314. The molecule has 1 saturated heterocycles. The lowest BCUT2D eigenvalue weighted by Gasteiger charge is -2.15. The normalized spacial score (nSPS) is 17.8. The summed E-state index contributed by atoms with van der Waals surface area (Å²) in [6.45, 7) is 8.64. The molecule has 1 aliphatic rings. The van der Waals surface area contributed by atoms with Crippen molar-refractivity contribution in [2.24, 2.45) is 5.92 Å². The fraction of sp³-hybridized carbons (Fsp3) is 1.00. The van der Waals surface area contributed by atoms with Crippen LogP contribution in [0.15, 0.2) is 0 Å². The molecule has 1 fully saturated rings. The molecule has 2 nitrogen and oxygen atoms in total. The minimum absolute atomic E-state index is 0.876. The third-order valence-electron chi connectivity index (χ3n) is 2.22. The summed E-state index contributed by atoms with van der Waals surface area (Å²) in [6.07, 6.45) is 4.23. The van der Waals surface area contributed by atoms with E-state index in [0.717, 1.165) is 13.0 Å². The zero-order valence-electron chi connectivity index (χ0n) is 8.71. The highest BCUT2D eigenvalue weighted by Gasteiger charge is 2.10. The molecule has 1 heterocycles. The predicted octanol–water partition coefficient (Wildman–Crippen LogP) is 1.74. The molecular formula is C10H23NO. The van der Waals surface area contributed by atoms with Crippen molar-refractivity contribution in [1.29, 1.82) is 0 Å². The van der Waals surface area contributed by atoms with E-state index in [1.54, 1.807) is 0 Å². The third-order valence-corrected chi connectivity index (χ3v) is 2.22. The van der Waals surface area contributed by atoms with Gasteiger partial charge in [0.25, 0.3) is 0 Å². The number of nitrogens with zero attached hydrogens (tertiary/aromatic N) is 1. The molecule has 1 aliphatic heterocycles. The molecule has 0 bridgehead atoms. The Morgan fingerprint density at radius 2 is 1.67 bits per heavy atom. The summed E-state index contributed by atoms with van der Waals surface area (Å²) >= 11 is 0. The van der Waals surface area contributed by atoms with E-state index in [1.165, 1.54) is 38.9 Å². The lowest BCUT2D eigenvalue weighted by atomic mass is 10.1. The maximum absolute atomic E-state index is 7.00. The summed E-state index contributed by atoms with van der Waals surface area (Å²) in [7, 11) is 1.00. The molecule has 0 unspecified atom stereocenters. The molecule has 0 aromatic heterocycles. The molecule has 12 heavy (non-hydrogen) atoms. The van der Waals surface area contributed by atoms with Crippen molar-refractivity contribution in [2.75, 3.05) is 26.7 Å². The van der Waals surface area contributed by atoms with Crippen molar-refractivity contribution in [2.45, 2.75) is 33.1 Å². The molecule has 0 atom stereocenters. The van der Waals surface area contributed by atoms with Gasteiger partial charge in [-0.1, -0.05) is 13.8 Å². The van der Waals surface area contributed by atoms with Gasteiger partial charge < -0.3 is 10.0 Å². The van der Waals surface area contributed by atoms with Crippen LogP contribution in [0.25, 0.3) is 0 Å². The molecule has 0 radical (unpaired) electrons. The first-order valence-corrected chi connectivity index (χ1v) is 4.96. The first-order valence-electron chi connectivity index (χ1n) is 4.96. The van der Waals surface area contributed by atoms with Crippen LogP contribution in [-0.4, -0.2) is 36.8 Å². The first-order chi connectivity index (χ1) is 5.79. The van der Waals surface area contributed by atoms with E-state index >= 15 is 0 Å². The number of hydrogen-bond donors (Lipinski definition) is 1. The molecule has 2 heteroatoms. The minimum Gasteiger partial charge on any atom is -0.400 e. The number of hydrogen-bond acceptors (Lipinski definition) is 2. The fourth-order valence-electron chi connectivity index (χ4n) is 1.45. The Hall–Kier alpha value is -0.0800. The highest BCUT2D eigenvalue weighted by atomic mass is 16.2. The van der Waals surface area contributed by atoms with E-state index in [2.05, 4.69) is 18.7 Å². The van der Waals surface area contributed by atoms with Gasteiger partial charge in [-0.15, -0.1) is 0 Å². The van der Waals surface area contributed by atoms with Crippen molar-refractivity contribution in [3.8, 4) is 0 Å². The van der Waals surface area contributed by atoms with Gasteiger partial charge in [0.1, 0.15) is 0 Å². The van der Waals surface area contributed by atoms with Crippen LogP contribution in [0.2, 0.25) is 0 Å². The van der Waals surface area contributed by atoms with Crippen molar-refractivity contribution < 1.29 is 5.11 Å². The van der Waals surface area contributed by atoms with Gasteiger partial charge in [-0.25, -0.2) is 0 Å². The molecule has 0 amide bonds. The zero-order chi connectivity index (χ0) is 9.40. The summed E-state index contributed by atoms with van der Waals surface area (Å²) in [5, 5.41) is 7.00. The standard InChI is InChI=1S/C9H19N.CH4O/c1-9(2)5-8-10-6-3-4-7-10;1-2/h9H,3-8H2,1-2H3;2H,1H3. The first kappa shape index (κ1) is 11.9. The number of rotatable bonds is 3. The van der Waals surface area contributed by atoms with Gasteiger partial charge >= 0.3 is 0 Å². The Kier molecular flexibility index (Phi) is 7.51. The van der Waals surface area contributed by atoms with Crippen LogP contribution in [0.1, 0.15) is 33.1 Å². The number of aliphatic hydroxyl groups excluding tert-OH is 1. The van der Waals surface area contributed by atoms with Crippen molar-refractivity contribution >= 4 is 0 Å². The molecule has 74 valence electrons. The average molecular weight is 173 g/mol. The van der Waals surface area contributed by atoms with Crippen LogP contribution in [0, 0.1) is 5.92 Å². The predicted molar refractivity (Wildman–Crippen MR) is 53.3 cm³/mol. The van der Waals surface area contributed by atoms with Crippen molar-refractivity contribution in [1.82, 2.24) is 4.90 Å². The number of likely N-dealkylation sites (tertiary alicyclic amines) is 1. The van der Waals surface area contributed by atoms with Crippen LogP contribution < -0.4 is 0 Å². The second-order valence-electron chi connectivity index (χ2n) is 3.73. The second-order valence-corrected chi connectivity index (χ2v) is 3.73. The van der Waals surface area contributed by atoms with E-state index in [1.807, 2.05) is 0 Å². The lowest BCUT2D eigenvalue weighted by Crippen LogP contribution is -2.21. The zero-order valence-corrected chi connectivity index (χ0v) is 8.71. The van der Waals surface area contributed by atoms with Crippen LogP contribution in [-0.2, 0) is 0 Å². The van der Waals surface area contributed by atoms with Crippen LogP contribution in [0.4, 0.5) is 0 Å². The fourth-order valence-corrected chi connectivity index (χ4v) is 1.45. The minimum atomic E-state index is 0.876. The summed E-state index contributed by atoms with van der Waals surface area (Å²) in [4.78, 5) is 2.58. The van der Waals surface area contributed by atoms with Crippen LogP contribution in [0.3, 0.4) is 0 Å². The Bertz CT molecular complexity index is 87.8. The van der Waals surface area contributed by atoms with Crippen LogP contribution in [0.5, 0.6) is 0 Å². The average Bonchev–Trinajstić information content (AvgIpc) is 2.56. The largest absolute Gasteiger partial charge is 0.400 e. The van der Waals surface area contributed by atoms with Gasteiger partial charge in [0, 0.05) is 7.11 Å². The van der Waals surface area contributed by atoms with Gasteiger partial charge in [0.2, 0.25) is 0 Å². The molecule has 1 N–H and O–H groups in total. The second kappa shape index (κ2) is 7.56. The van der Waals surface area contributed by atoms with E-state index in [9.17, 15) is 0 Å². The van der Waals surface area contributed by atoms with Gasteiger partial charge in [-0.05, 0) is 44.8 Å². The summed E-state index contributed by atoms with van der Waals surface area (Å²) in [5.74, 6) is 0.876. The molecule has 0 spiro atoms. The Balaban J connectivity index is 0.000000561. The topological polar surface area (TPSA) is 23.5 Å². The summed E-state index contributed by atoms with van der Waals surface area (Å²) in [6, 6.07) is 0. The molecule has 0 aromatic rings.